The van der Waals surface area contributed by atoms with E-state index in [2.05, 4.69) is 5.32 Å². The van der Waals surface area contributed by atoms with Crippen molar-refractivity contribution in [3.8, 4) is 5.75 Å². The molecule has 0 saturated heterocycles. The number of halogens is 1. The lowest BCUT2D eigenvalue weighted by atomic mass is 10.2. The summed E-state index contributed by atoms with van der Waals surface area (Å²) in [5, 5.41) is 3.19. The Morgan fingerprint density at radius 1 is 1.04 bits per heavy atom. The third kappa shape index (κ3) is 5.30. The van der Waals surface area contributed by atoms with Crippen LogP contribution in [0.2, 0.25) is 5.02 Å². The van der Waals surface area contributed by atoms with Crippen molar-refractivity contribution >= 4 is 29.2 Å². The molecule has 2 rings (SSSR count). The van der Waals surface area contributed by atoms with Gasteiger partial charge in [-0.25, -0.2) is 4.79 Å². The molecule has 1 amide bonds. The summed E-state index contributed by atoms with van der Waals surface area (Å²) in [7, 11) is 0. The predicted octanol–water partition coefficient (Wildman–Crippen LogP) is 3.21. The summed E-state index contributed by atoms with van der Waals surface area (Å²) >= 11 is 5.97. The first-order chi connectivity index (χ1) is 11.1. The molecule has 0 fully saturated rings. The van der Waals surface area contributed by atoms with Crippen LogP contribution < -0.4 is 10.1 Å². The molecule has 0 spiro atoms. The number of hydrogen-bond donors (Lipinski definition) is 1. The lowest BCUT2D eigenvalue weighted by Gasteiger charge is -2.10. The molecule has 0 unspecified atom stereocenters. The van der Waals surface area contributed by atoms with E-state index >= 15 is 0 Å². The van der Waals surface area contributed by atoms with Crippen LogP contribution in [0.15, 0.2) is 48.5 Å². The van der Waals surface area contributed by atoms with Crippen LogP contribution in [0.3, 0.4) is 0 Å². The Balaban J connectivity index is 1.75. The number of hydrogen-bond acceptors (Lipinski definition) is 4. The predicted molar refractivity (Wildman–Crippen MR) is 87.7 cm³/mol. The average Bonchev–Trinajstić information content (AvgIpc) is 2.56. The Morgan fingerprint density at radius 3 is 2.52 bits per heavy atom. The van der Waals surface area contributed by atoms with Crippen LogP contribution >= 0.6 is 11.6 Å². The third-order valence-electron chi connectivity index (χ3n) is 3.01. The molecule has 2 aromatic carbocycles. The Labute approximate surface area is 139 Å². The molecule has 0 radical (unpaired) electrons. The van der Waals surface area contributed by atoms with E-state index in [0.29, 0.717) is 16.5 Å². The number of rotatable bonds is 6. The maximum atomic E-state index is 11.8. The second-order valence-electron chi connectivity index (χ2n) is 4.72. The molecule has 1 N–H and O–H groups in total. The van der Waals surface area contributed by atoms with E-state index in [9.17, 15) is 9.59 Å². The quantitative estimate of drug-likeness (QED) is 0.824. The highest BCUT2D eigenvalue weighted by Crippen LogP contribution is 2.22. The first-order valence-electron chi connectivity index (χ1n) is 6.94. The van der Waals surface area contributed by atoms with Crippen LogP contribution in [0.5, 0.6) is 5.75 Å². The standard InChI is InChI=1S/C17H16ClNO4/c1-12-14(18)8-5-9-15(12)19-16(20)10-23-17(21)11-22-13-6-3-2-4-7-13/h2-9H,10-11H2,1H3,(H,19,20). The van der Waals surface area contributed by atoms with E-state index in [4.69, 9.17) is 21.1 Å². The number of esters is 1. The second-order valence-corrected chi connectivity index (χ2v) is 5.13. The second kappa shape index (κ2) is 8.19. The largest absolute Gasteiger partial charge is 0.482 e. The Bertz CT molecular complexity index is 688. The van der Waals surface area contributed by atoms with Crippen molar-refractivity contribution in [3.63, 3.8) is 0 Å². The van der Waals surface area contributed by atoms with Gasteiger partial charge in [0.15, 0.2) is 13.2 Å². The van der Waals surface area contributed by atoms with Gasteiger partial charge in [0.05, 0.1) is 0 Å². The summed E-state index contributed by atoms with van der Waals surface area (Å²) in [6.07, 6.45) is 0. The Kier molecular flexibility index (Phi) is 6.00. The Hall–Kier alpha value is -2.53. The first-order valence-corrected chi connectivity index (χ1v) is 7.32. The minimum Gasteiger partial charge on any atom is -0.482 e. The monoisotopic (exact) mass is 333 g/mol. The topological polar surface area (TPSA) is 64.6 Å². The summed E-state index contributed by atoms with van der Waals surface area (Å²) < 4.78 is 10.1. The van der Waals surface area contributed by atoms with Crippen LogP contribution in [-0.2, 0) is 14.3 Å². The number of nitrogens with one attached hydrogen (secondary N) is 1. The molecule has 0 bridgehead atoms. The fraction of sp³-hybridized carbons (Fsp3) is 0.176. The fourth-order valence-corrected chi connectivity index (χ4v) is 1.95. The van der Waals surface area contributed by atoms with Crippen molar-refractivity contribution < 1.29 is 19.1 Å². The van der Waals surface area contributed by atoms with Crippen LogP contribution in [0.25, 0.3) is 0 Å². The van der Waals surface area contributed by atoms with E-state index in [1.165, 1.54) is 0 Å². The molecule has 0 aliphatic rings. The number of amides is 1. The SMILES string of the molecule is Cc1c(Cl)cccc1NC(=O)COC(=O)COc1ccccc1. The first kappa shape index (κ1) is 16.8. The molecule has 0 aliphatic heterocycles. The third-order valence-corrected chi connectivity index (χ3v) is 3.42. The fourth-order valence-electron chi connectivity index (χ4n) is 1.78. The number of ether oxygens (including phenoxy) is 2. The summed E-state index contributed by atoms with van der Waals surface area (Å²) in [6.45, 7) is 1.15. The molecule has 23 heavy (non-hydrogen) atoms. The number of para-hydroxylation sites is 1. The van der Waals surface area contributed by atoms with Gasteiger partial charge in [0.25, 0.3) is 5.91 Å². The molecule has 5 nitrogen and oxygen atoms in total. The van der Waals surface area contributed by atoms with Crippen LogP contribution in [0, 0.1) is 6.92 Å². The summed E-state index contributed by atoms with van der Waals surface area (Å²) in [4.78, 5) is 23.3. The minimum absolute atomic E-state index is 0.256. The van der Waals surface area contributed by atoms with Crippen LogP contribution in [0.4, 0.5) is 5.69 Å². The van der Waals surface area contributed by atoms with Gasteiger partial charge in [0.2, 0.25) is 0 Å². The Morgan fingerprint density at radius 2 is 1.78 bits per heavy atom. The average molecular weight is 334 g/mol. The summed E-state index contributed by atoms with van der Waals surface area (Å²) in [5.41, 5.74) is 1.33. The van der Waals surface area contributed by atoms with Gasteiger partial charge in [0.1, 0.15) is 5.75 Å². The van der Waals surface area contributed by atoms with Crippen LogP contribution in [-0.4, -0.2) is 25.1 Å². The number of benzene rings is 2. The van der Waals surface area contributed by atoms with Gasteiger partial charge >= 0.3 is 5.97 Å². The van der Waals surface area contributed by atoms with E-state index in [1.807, 2.05) is 6.07 Å². The zero-order valence-electron chi connectivity index (χ0n) is 12.5. The highest BCUT2D eigenvalue weighted by molar-refractivity contribution is 6.31. The lowest BCUT2D eigenvalue weighted by molar-refractivity contribution is -0.149. The molecule has 6 heteroatoms. The van der Waals surface area contributed by atoms with Crippen molar-refractivity contribution in [2.24, 2.45) is 0 Å². The van der Waals surface area contributed by atoms with Crippen molar-refractivity contribution in [1.82, 2.24) is 0 Å². The molecule has 2 aromatic rings. The van der Waals surface area contributed by atoms with Gasteiger partial charge in [-0.1, -0.05) is 35.9 Å². The summed E-state index contributed by atoms with van der Waals surface area (Å²) in [6, 6.07) is 14.1. The molecule has 120 valence electrons. The number of carbonyl (C=O) groups is 2. The van der Waals surface area contributed by atoms with E-state index in [1.54, 1.807) is 49.4 Å². The maximum absolute atomic E-state index is 11.8. The maximum Gasteiger partial charge on any atom is 0.344 e. The molecule has 0 heterocycles. The van der Waals surface area contributed by atoms with E-state index < -0.39 is 11.9 Å². The lowest BCUT2D eigenvalue weighted by Crippen LogP contribution is -2.24. The van der Waals surface area contributed by atoms with Gasteiger partial charge in [-0.05, 0) is 36.8 Å². The van der Waals surface area contributed by atoms with Gasteiger partial charge in [-0.15, -0.1) is 0 Å². The minimum atomic E-state index is -0.619. The van der Waals surface area contributed by atoms with Crippen molar-refractivity contribution in [1.29, 1.82) is 0 Å². The van der Waals surface area contributed by atoms with E-state index in [0.717, 1.165) is 5.56 Å². The van der Waals surface area contributed by atoms with Gasteiger partial charge in [0, 0.05) is 10.7 Å². The van der Waals surface area contributed by atoms with Crippen molar-refractivity contribution in [2.75, 3.05) is 18.5 Å². The zero-order chi connectivity index (χ0) is 16.7. The van der Waals surface area contributed by atoms with Crippen molar-refractivity contribution in [3.05, 3.63) is 59.1 Å². The van der Waals surface area contributed by atoms with Gasteiger partial charge in [-0.3, -0.25) is 4.79 Å². The van der Waals surface area contributed by atoms with Crippen LogP contribution in [0.1, 0.15) is 5.56 Å². The zero-order valence-corrected chi connectivity index (χ0v) is 13.3. The normalized spacial score (nSPS) is 10.0. The molecular formula is C17H16ClNO4. The number of anilines is 1. The van der Waals surface area contributed by atoms with Crippen molar-refractivity contribution in [2.45, 2.75) is 6.92 Å². The van der Waals surface area contributed by atoms with E-state index in [-0.39, 0.29) is 13.2 Å². The highest BCUT2D eigenvalue weighted by Gasteiger charge is 2.10. The molecule has 0 aliphatic carbocycles. The molecule has 0 atom stereocenters. The molecular weight excluding hydrogens is 318 g/mol. The summed E-state index contributed by atoms with van der Waals surface area (Å²) in [5.74, 6) is -0.501. The highest BCUT2D eigenvalue weighted by atomic mass is 35.5. The van der Waals surface area contributed by atoms with Gasteiger partial charge < -0.3 is 14.8 Å². The molecule has 0 saturated carbocycles. The number of carbonyl (C=O) groups excluding carboxylic acids is 2. The smallest absolute Gasteiger partial charge is 0.344 e. The van der Waals surface area contributed by atoms with Gasteiger partial charge in [-0.2, -0.15) is 0 Å². The molecule has 0 aromatic heterocycles.